The molecule has 2 rings (SSSR count). The van der Waals surface area contributed by atoms with Crippen molar-refractivity contribution in [2.24, 2.45) is 0 Å². The molecule has 0 fully saturated rings. The number of aromatic nitrogens is 1. The number of carbonyl (C=O) groups excluding carboxylic acids is 1. The molecule has 0 aliphatic rings. The summed E-state index contributed by atoms with van der Waals surface area (Å²) in [5.41, 5.74) is 1.80. The SMILES string of the molecule is Cc1nc(C)c(CNC(=O)NCc2ccc(F)cc2)s1. The predicted octanol–water partition coefficient (Wildman–Crippen LogP) is 2.90. The third kappa shape index (κ3) is 4.03. The standard InChI is InChI=1S/C14H16FN3OS/c1-9-13(20-10(2)18-9)8-17-14(19)16-7-11-3-5-12(15)6-4-11/h3-6H,7-8H2,1-2H3,(H2,16,17,19). The Kier molecular flexibility index (Phi) is 4.68. The van der Waals surface area contributed by atoms with E-state index in [9.17, 15) is 9.18 Å². The second kappa shape index (κ2) is 6.47. The zero-order valence-corrected chi connectivity index (χ0v) is 12.2. The summed E-state index contributed by atoms with van der Waals surface area (Å²) < 4.78 is 12.7. The van der Waals surface area contributed by atoms with Crippen LogP contribution in [0.15, 0.2) is 24.3 Å². The lowest BCUT2D eigenvalue weighted by Crippen LogP contribution is -2.34. The topological polar surface area (TPSA) is 54.0 Å². The minimum absolute atomic E-state index is 0.250. The quantitative estimate of drug-likeness (QED) is 0.910. The molecule has 0 bridgehead atoms. The van der Waals surface area contributed by atoms with Gasteiger partial charge in [-0.05, 0) is 31.5 Å². The molecule has 1 aromatic heterocycles. The van der Waals surface area contributed by atoms with Crippen LogP contribution in [0.2, 0.25) is 0 Å². The first kappa shape index (κ1) is 14.5. The molecule has 4 nitrogen and oxygen atoms in total. The summed E-state index contributed by atoms with van der Waals surface area (Å²) in [6.45, 7) is 4.70. The van der Waals surface area contributed by atoms with Crippen LogP contribution in [0.5, 0.6) is 0 Å². The maximum Gasteiger partial charge on any atom is 0.315 e. The monoisotopic (exact) mass is 293 g/mol. The van der Waals surface area contributed by atoms with Gasteiger partial charge in [-0.25, -0.2) is 14.2 Å². The third-order valence-electron chi connectivity index (χ3n) is 2.78. The molecule has 6 heteroatoms. The van der Waals surface area contributed by atoms with Crippen LogP contribution in [0.4, 0.5) is 9.18 Å². The van der Waals surface area contributed by atoms with Gasteiger partial charge in [0.1, 0.15) is 5.82 Å². The van der Waals surface area contributed by atoms with Crippen molar-refractivity contribution in [1.29, 1.82) is 0 Å². The van der Waals surface area contributed by atoms with Crippen molar-refractivity contribution in [1.82, 2.24) is 15.6 Å². The van der Waals surface area contributed by atoms with Gasteiger partial charge >= 0.3 is 6.03 Å². The fourth-order valence-electron chi connectivity index (χ4n) is 1.75. The van der Waals surface area contributed by atoms with Crippen molar-refractivity contribution in [3.63, 3.8) is 0 Å². The van der Waals surface area contributed by atoms with Crippen LogP contribution in [0, 0.1) is 19.7 Å². The predicted molar refractivity (Wildman–Crippen MR) is 77.1 cm³/mol. The van der Waals surface area contributed by atoms with Crippen LogP contribution < -0.4 is 10.6 Å². The number of amides is 2. The van der Waals surface area contributed by atoms with Crippen LogP contribution in [0.25, 0.3) is 0 Å². The molecule has 0 radical (unpaired) electrons. The minimum atomic E-state index is -0.283. The van der Waals surface area contributed by atoms with Crippen LogP contribution in [0.1, 0.15) is 21.1 Å². The lowest BCUT2D eigenvalue weighted by Gasteiger charge is -2.07. The largest absolute Gasteiger partial charge is 0.334 e. The zero-order chi connectivity index (χ0) is 14.5. The molecule has 0 aliphatic carbocycles. The van der Waals surface area contributed by atoms with Gasteiger partial charge in [0.15, 0.2) is 0 Å². The van der Waals surface area contributed by atoms with Gasteiger partial charge in [-0.2, -0.15) is 0 Å². The van der Waals surface area contributed by atoms with Crippen LogP contribution in [0.3, 0.4) is 0 Å². The van der Waals surface area contributed by atoms with Crippen molar-refractivity contribution in [2.45, 2.75) is 26.9 Å². The lowest BCUT2D eigenvalue weighted by atomic mass is 10.2. The van der Waals surface area contributed by atoms with E-state index in [-0.39, 0.29) is 11.8 Å². The number of hydrogen-bond acceptors (Lipinski definition) is 3. The van der Waals surface area contributed by atoms with Crippen molar-refractivity contribution < 1.29 is 9.18 Å². The van der Waals surface area contributed by atoms with E-state index in [0.29, 0.717) is 13.1 Å². The van der Waals surface area contributed by atoms with E-state index < -0.39 is 0 Å². The summed E-state index contributed by atoms with van der Waals surface area (Å²) in [5, 5.41) is 6.50. The zero-order valence-electron chi connectivity index (χ0n) is 11.4. The number of nitrogens with one attached hydrogen (secondary N) is 2. The molecule has 0 unspecified atom stereocenters. The first-order chi connectivity index (χ1) is 9.54. The molecule has 0 spiro atoms. The highest BCUT2D eigenvalue weighted by atomic mass is 32.1. The van der Waals surface area contributed by atoms with Gasteiger partial charge in [0.25, 0.3) is 0 Å². The van der Waals surface area contributed by atoms with E-state index in [1.807, 2.05) is 13.8 Å². The molecule has 2 amide bonds. The van der Waals surface area contributed by atoms with Crippen LogP contribution in [-0.2, 0) is 13.1 Å². The Morgan fingerprint density at radius 2 is 1.85 bits per heavy atom. The average molecular weight is 293 g/mol. The fourth-order valence-corrected chi connectivity index (χ4v) is 2.62. The number of rotatable bonds is 4. The summed E-state index contributed by atoms with van der Waals surface area (Å²) >= 11 is 1.58. The molecule has 0 saturated heterocycles. The van der Waals surface area contributed by atoms with Gasteiger partial charge in [-0.1, -0.05) is 12.1 Å². The summed E-state index contributed by atoms with van der Waals surface area (Å²) in [7, 11) is 0. The molecule has 0 aliphatic heterocycles. The Morgan fingerprint density at radius 3 is 2.45 bits per heavy atom. The highest BCUT2D eigenvalue weighted by molar-refractivity contribution is 7.11. The van der Waals surface area contributed by atoms with Gasteiger partial charge in [-0.3, -0.25) is 0 Å². The van der Waals surface area contributed by atoms with E-state index in [0.717, 1.165) is 21.1 Å². The maximum atomic E-state index is 12.7. The number of thiazole rings is 1. The molecular weight excluding hydrogens is 277 g/mol. The molecule has 0 atom stereocenters. The number of urea groups is 1. The van der Waals surface area contributed by atoms with Gasteiger partial charge in [0.2, 0.25) is 0 Å². The second-order valence-electron chi connectivity index (χ2n) is 4.40. The number of aryl methyl sites for hydroxylation is 2. The van der Waals surface area contributed by atoms with Gasteiger partial charge in [0.05, 0.1) is 17.2 Å². The van der Waals surface area contributed by atoms with Crippen LogP contribution in [-0.4, -0.2) is 11.0 Å². The lowest BCUT2D eigenvalue weighted by molar-refractivity contribution is 0.240. The Balaban J connectivity index is 1.78. The Hall–Kier alpha value is -1.95. The van der Waals surface area contributed by atoms with Crippen molar-refractivity contribution in [3.05, 3.63) is 51.2 Å². The number of carbonyl (C=O) groups is 1. The fraction of sp³-hybridized carbons (Fsp3) is 0.286. The Bertz CT molecular complexity index is 595. The molecule has 20 heavy (non-hydrogen) atoms. The van der Waals surface area contributed by atoms with E-state index in [2.05, 4.69) is 15.6 Å². The average Bonchev–Trinajstić information content (AvgIpc) is 2.74. The van der Waals surface area contributed by atoms with Crippen molar-refractivity contribution in [3.8, 4) is 0 Å². The van der Waals surface area contributed by atoms with E-state index in [1.54, 1.807) is 23.5 Å². The summed E-state index contributed by atoms with van der Waals surface area (Å²) in [5.74, 6) is -0.283. The third-order valence-corrected chi connectivity index (χ3v) is 3.85. The normalized spacial score (nSPS) is 10.3. The number of benzene rings is 1. The number of hydrogen-bond donors (Lipinski definition) is 2. The molecule has 2 aromatic rings. The highest BCUT2D eigenvalue weighted by Crippen LogP contribution is 2.16. The van der Waals surface area contributed by atoms with Gasteiger partial charge in [0, 0.05) is 11.4 Å². The molecule has 2 N–H and O–H groups in total. The first-order valence-electron chi connectivity index (χ1n) is 6.23. The molecule has 1 heterocycles. The molecule has 1 aromatic carbocycles. The van der Waals surface area contributed by atoms with Gasteiger partial charge < -0.3 is 10.6 Å². The van der Waals surface area contributed by atoms with E-state index in [4.69, 9.17) is 0 Å². The maximum absolute atomic E-state index is 12.7. The molecule has 0 saturated carbocycles. The summed E-state index contributed by atoms with van der Waals surface area (Å²) in [6.07, 6.45) is 0. The second-order valence-corrected chi connectivity index (χ2v) is 5.69. The smallest absolute Gasteiger partial charge is 0.315 e. The molecule has 106 valence electrons. The van der Waals surface area contributed by atoms with Crippen LogP contribution >= 0.6 is 11.3 Å². The number of halogens is 1. The van der Waals surface area contributed by atoms with Crippen molar-refractivity contribution in [2.75, 3.05) is 0 Å². The summed E-state index contributed by atoms with van der Waals surface area (Å²) in [4.78, 5) is 17.0. The minimum Gasteiger partial charge on any atom is -0.334 e. The number of nitrogens with zero attached hydrogens (tertiary/aromatic N) is 1. The summed E-state index contributed by atoms with van der Waals surface area (Å²) in [6, 6.07) is 5.79. The van der Waals surface area contributed by atoms with E-state index >= 15 is 0 Å². The highest BCUT2D eigenvalue weighted by Gasteiger charge is 2.06. The first-order valence-corrected chi connectivity index (χ1v) is 7.05. The Labute approximate surface area is 121 Å². The molecular formula is C14H16FN3OS. The van der Waals surface area contributed by atoms with E-state index in [1.165, 1.54) is 12.1 Å². The van der Waals surface area contributed by atoms with Crippen molar-refractivity contribution >= 4 is 17.4 Å². The van der Waals surface area contributed by atoms with Gasteiger partial charge in [-0.15, -0.1) is 11.3 Å². The Morgan fingerprint density at radius 1 is 1.20 bits per heavy atom.